The van der Waals surface area contributed by atoms with Gasteiger partial charge in [0.15, 0.2) is 11.5 Å². The highest BCUT2D eigenvalue weighted by molar-refractivity contribution is 6.42. The molecule has 1 aliphatic rings. The van der Waals surface area contributed by atoms with Crippen molar-refractivity contribution >= 4 is 23.2 Å². The number of phenols is 1. The highest BCUT2D eigenvalue weighted by Gasteiger charge is 2.32. The molecule has 7 heteroatoms. The summed E-state index contributed by atoms with van der Waals surface area (Å²) in [7, 11) is 1.49. The van der Waals surface area contributed by atoms with Crippen LogP contribution >= 0.6 is 23.2 Å². The van der Waals surface area contributed by atoms with Gasteiger partial charge in [0, 0.05) is 36.9 Å². The molecule has 1 N–H and O–H groups in total. The first-order valence-electron chi connectivity index (χ1n) is 6.72. The SMILES string of the molecule is CCc1nnc2n1CC(c1c(O)c(OC)cc(Cl)c1Cl)C2. The van der Waals surface area contributed by atoms with E-state index in [0.29, 0.717) is 34.3 Å². The minimum Gasteiger partial charge on any atom is -0.504 e. The van der Waals surface area contributed by atoms with E-state index in [1.165, 1.54) is 13.2 Å². The summed E-state index contributed by atoms with van der Waals surface area (Å²) in [6, 6.07) is 1.52. The molecule has 2 aromatic rings. The van der Waals surface area contributed by atoms with Crippen molar-refractivity contribution in [1.82, 2.24) is 14.8 Å². The molecule has 0 fully saturated rings. The summed E-state index contributed by atoms with van der Waals surface area (Å²) in [5.41, 5.74) is 0.619. The molecule has 112 valence electrons. The summed E-state index contributed by atoms with van der Waals surface area (Å²) < 4.78 is 7.23. The van der Waals surface area contributed by atoms with E-state index in [1.807, 2.05) is 6.92 Å². The number of ether oxygens (including phenoxy) is 1. The second kappa shape index (κ2) is 5.39. The Morgan fingerprint density at radius 3 is 2.86 bits per heavy atom. The summed E-state index contributed by atoms with van der Waals surface area (Å²) in [5.74, 6) is 2.25. The smallest absolute Gasteiger partial charge is 0.162 e. The third-order valence-electron chi connectivity index (χ3n) is 3.87. The number of nitrogens with zero attached hydrogens (tertiary/aromatic N) is 3. The van der Waals surface area contributed by atoms with E-state index in [-0.39, 0.29) is 11.7 Å². The van der Waals surface area contributed by atoms with Crippen molar-refractivity contribution in [1.29, 1.82) is 0 Å². The zero-order valence-electron chi connectivity index (χ0n) is 11.7. The third-order valence-corrected chi connectivity index (χ3v) is 4.67. The van der Waals surface area contributed by atoms with E-state index in [4.69, 9.17) is 27.9 Å². The van der Waals surface area contributed by atoms with Gasteiger partial charge in [-0.1, -0.05) is 30.1 Å². The Hall–Kier alpha value is -1.46. The zero-order valence-corrected chi connectivity index (χ0v) is 13.2. The first-order chi connectivity index (χ1) is 10.1. The average Bonchev–Trinajstić information content (AvgIpc) is 3.03. The maximum absolute atomic E-state index is 10.4. The van der Waals surface area contributed by atoms with Crippen LogP contribution in [0.25, 0.3) is 0 Å². The molecule has 0 spiro atoms. The van der Waals surface area contributed by atoms with Crippen molar-refractivity contribution in [2.24, 2.45) is 0 Å². The predicted molar refractivity (Wildman–Crippen MR) is 80.5 cm³/mol. The van der Waals surface area contributed by atoms with E-state index in [1.54, 1.807) is 0 Å². The molecule has 1 unspecified atom stereocenters. The van der Waals surface area contributed by atoms with E-state index in [2.05, 4.69) is 14.8 Å². The first kappa shape index (κ1) is 14.5. The highest BCUT2D eigenvalue weighted by Crippen LogP contribution is 2.46. The molecule has 1 atom stereocenters. The van der Waals surface area contributed by atoms with Crippen molar-refractivity contribution < 1.29 is 9.84 Å². The molecule has 0 saturated heterocycles. The molecule has 0 saturated carbocycles. The van der Waals surface area contributed by atoms with Gasteiger partial charge in [-0.25, -0.2) is 0 Å². The van der Waals surface area contributed by atoms with Crippen LogP contribution in [0.15, 0.2) is 6.07 Å². The van der Waals surface area contributed by atoms with E-state index in [0.717, 1.165) is 18.1 Å². The molecule has 3 rings (SSSR count). The van der Waals surface area contributed by atoms with Crippen LogP contribution in [-0.4, -0.2) is 27.0 Å². The van der Waals surface area contributed by atoms with Gasteiger partial charge < -0.3 is 14.4 Å². The van der Waals surface area contributed by atoms with Crippen LogP contribution in [0, 0.1) is 0 Å². The molecule has 0 bridgehead atoms. The fourth-order valence-electron chi connectivity index (χ4n) is 2.83. The fourth-order valence-corrected chi connectivity index (χ4v) is 3.33. The molecule has 0 amide bonds. The van der Waals surface area contributed by atoms with Gasteiger partial charge in [0.05, 0.1) is 17.2 Å². The second-order valence-electron chi connectivity index (χ2n) is 5.03. The Kier molecular flexibility index (Phi) is 3.71. The lowest BCUT2D eigenvalue weighted by Gasteiger charge is -2.17. The van der Waals surface area contributed by atoms with E-state index in [9.17, 15) is 5.11 Å². The number of hydrogen-bond donors (Lipinski definition) is 1. The molecule has 21 heavy (non-hydrogen) atoms. The van der Waals surface area contributed by atoms with Gasteiger partial charge in [-0.15, -0.1) is 10.2 Å². The number of methoxy groups -OCH3 is 1. The minimum atomic E-state index is 0.0147. The zero-order chi connectivity index (χ0) is 15.1. The van der Waals surface area contributed by atoms with Gasteiger partial charge in [0.25, 0.3) is 0 Å². The molecule has 1 aliphatic heterocycles. The van der Waals surface area contributed by atoms with Gasteiger partial charge in [-0.2, -0.15) is 0 Å². The van der Waals surface area contributed by atoms with Gasteiger partial charge in [0.2, 0.25) is 0 Å². The molecule has 0 aliphatic carbocycles. The summed E-state index contributed by atoms with van der Waals surface area (Å²) in [6.07, 6.45) is 1.49. The molecule has 1 aromatic heterocycles. The summed E-state index contributed by atoms with van der Waals surface area (Å²) in [4.78, 5) is 0. The van der Waals surface area contributed by atoms with Gasteiger partial charge in [-0.3, -0.25) is 0 Å². The maximum Gasteiger partial charge on any atom is 0.162 e. The van der Waals surface area contributed by atoms with Crippen LogP contribution in [0.4, 0.5) is 0 Å². The van der Waals surface area contributed by atoms with Crippen molar-refractivity contribution in [3.63, 3.8) is 0 Å². The van der Waals surface area contributed by atoms with Gasteiger partial charge in [-0.05, 0) is 0 Å². The first-order valence-corrected chi connectivity index (χ1v) is 7.48. The number of rotatable bonds is 3. The molecule has 0 radical (unpaired) electrons. The molecule has 5 nitrogen and oxygen atoms in total. The Balaban J connectivity index is 2.03. The van der Waals surface area contributed by atoms with Crippen LogP contribution in [-0.2, 0) is 19.4 Å². The quantitative estimate of drug-likeness (QED) is 0.940. The highest BCUT2D eigenvalue weighted by atomic mass is 35.5. The third kappa shape index (κ3) is 2.24. The monoisotopic (exact) mass is 327 g/mol. The number of benzene rings is 1. The topological polar surface area (TPSA) is 60.2 Å². The number of hydrogen-bond acceptors (Lipinski definition) is 4. The van der Waals surface area contributed by atoms with Crippen molar-refractivity contribution in [3.8, 4) is 11.5 Å². The van der Waals surface area contributed by atoms with Crippen molar-refractivity contribution in [3.05, 3.63) is 33.3 Å². The second-order valence-corrected chi connectivity index (χ2v) is 5.82. The number of aromatic nitrogens is 3. The Morgan fingerprint density at radius 2 is 2.19 bits per heavy atom. The molecule has 2 heterocycles. The van der Waals surface area contributed by atoms with Crippen molar-refractivity contribution in [2.75, 3.05) is 7.11 Å². The lowest BCUT2D eigenvalue weighted by Crippen LogP contribution is -2.06. The van der Waals surface area contributed by atoms with Gasteiger partial charge in [0.1, 0.15) is 11.6 Å². The lowest BCUT2D eigenvalue weighted by atomic mass is 9.96. The van der Waals surface area contributed by atoms with Crippen LogP contribution in [0.1, 0.15) is 30.1 Å². The lowest BCUT2D eigenvalue weighted by molar-refractivity contribution is 0.368. The van der Waals surface area contributed by atoms with Crippen LogP contribution in [0.2, 0.25) is 10.0 Å². The maximum atomic E-state index is 10.4. The van der Waals surface area contributed by atoms with Crippen LogP contribution in [0.5, 0.6) is 11.5 Å². The summed E-state index contributed by atoms with van der Waals surface area (Å²) in [6.45, 7) is 2.72. The summed E-state index contributed by atoms with van der Waals surface area (Å²) in [5, 5.41) is 19.5. The normalized spacial score (nSPS) is 17.0. The van der Waals surface area contributed by atoms with Crippen LogP contribution < -0.4 is 4.74 Å². The van der Waals surface area contributed by atoms with Gasteiger partial charge >= 0.3 is 0 Å². The minimum absolute atomic E-state index is 0.0147. The largest absolute Gasteiger partial charge is 0.504 e. The standard InChI is InChI=1S/C14H15Cl2N3O2/c1-3-10-17-18-11-4-7(6-19(10)11)12-13(16)8(15)5-9(21-2)14(12)20/h5,7,20H,3-4,6H2,1-2H3. The van der Waals surface area contributed by atoms with Crippen molar-refractivity contribution in [2.45, 2.75) is 32.2 Å². The predicted octanol–water partition coefficient (Wildman–Crippen LogP) is 3.20. The summed E-state index contributed by atoms with van der Waals surface area (Å²) >= 11 is 12.4. The Morgan fingerprint density at radius 1 is 1.43 bits per heavy atom. The fraction of sp³-hybridized carbons (Fsp3) is 0.429. The van der Waals surface area contributed by atoms with Crippen LogP contribution in [0.3, 0.4) is 0 Å². The molecular formula is C14H15Cl2N3O2. The number of aryl methyl sites for hydroxylation is 1. The molecular weight excluding hydrogens is 313 g/mol. The molecule has 1 aromatic carbocycles. The average molecular weight is 328 g/mol. The van der Waals surface area contributed by atoms with E-state index >= 15 is 0 Å². The number of fused-ring (bicyclic) bond motifs is 1. The number of phenolic OH excluding ortho intramolecular Hbond substituents is 1. The Labute approximate surface area is 132 Å². The number of aromatic hydroxyl groups is 1. The Bertz CT molecular complexity index is 700. The van der Waals surface area contributed by atoms with E-state index < -0.39 is 0 Å². The number of halogens is 2.